The Morgan fingerprint density at radius 1 is 1.14 bits per heavy atom. The molecule has 3 rings (SSSR count). The Hall–Kier alpha value is -2.94. The summed E-state index contributed by atoms with van der Waals surface area (Å²) in [4.78, 5) is 29.3. The van der Waals surface area contributed by atoms with Crippen molar-refractivity contribution in [2.75, 3.05) is 5.32 Å². The van der Waals surface area contributed by atoms with E-state index in [4.69, 9.17) is 29.0 Å². The molecule has 0 unspecified atom stereocenters. The number of nitrogens with two attached hydrogens (primary N) is 1. The number of hydrogen-bond acceptors (Lipinski definition) is 5. The molecule has 0 spiro atoms. The van der Waals surface area contributed by atoms with Crippen LogP contribution in [0.4, 0.5) is 5.69 Å². The molecule has 0 aliphatic carbocycles. The lowest BCUT2D eigenvalue weighted by atomic mass is 10.1. The molecule has 10 heteroatoms. The zero-order valence-electron chi connectivity index (χ0n) is 15.0. The predicted molar refractivity (Wildman–Crippen MR) is 107 cm³/mol. The molecule has 0 fully saturated rings. The Morgan fingerprint density at radius 3 is 2.57 bits per heavy atom. The van der Waals surface area contributed by atoms with Crippen LogP contribution in [-0.4, -0.2) is 26.6 Å². The SMILES string of the molecule is Cc1cc(C(=O)Nc2c(C)cc(Cl)cc2C(=O)NN)n(-c2ncccc2Cl)n1. The first-order valence-electron chi connectivity index (χ1n) is 8.11. The summed E-state index contributed by atoms with van der Waals surface area (Å²) in [6, 6.07) is 7.97. The highest BCUT2D eigenvalue weighted by molar-refractivity contribution is 6.32. The Morgan fingerprint density at radius 2 is 1.89 bits per heavy atom. The van der Waals surface area contributed by atoms with E-state index in [9.17, 15) is 9.59 Å². The van der Waals surface area contributed by atoms with Crippen LogP contribution in [0, 0.1) is 13.8 Å². The highest BCUT2D eigenvalue weighted by atomic mass is 35.5. The van der Waals surface area contributed by atoms with Crippen LogP contribution in [0.5, 0.6) is 0 Å². The number of nitrogens with zero attached hydrogens (tertiary/aromatic N) is 3. The smallest absolute Gasteiger partial charge is 0.274 e. The number of aryl methyl sites for hydroxylation is 2. The summed E-state index contributed by atoms with van der Waals surface area (Å²) in [5.74, 6) is 4.47. The van der Waals surface area contributed by atoms with Crippen molar-refractivity contribution in [2.24, 2.45) is 5.84 Å². The van der Waals surface area contributed by atoms with Crippen molar-refractivity contribution in [3.63, 3.8) is 0 Å². The third-order valence-corrected chi connectivity index (χ3v) is 4.43. The minimum atomic E-state index is -0.585. The zero-order chi connectivity index (χ0) is 20.4. The van der Waals surface area contributed by atoms with E-state index in [1.54, 1.807) is 44.3 Å². The van der Waals surface area contributed by atoms with Crippen LogP contribution in [-0.2, 0) is 0 Å². The molecule has 2 aromatic heterocycles. The van der Waals surface area contributed by atoms with Crippen LogP contribution in [0.2, 0.25) is 10.0 Å². The second-order valence-electron chi connectivity index (χ2n) is 5.96. The number of hydrazine groups is 1. The fraction of sp³-hybridized carbons (Fsp3) is 0.111. The van der Waals surface area contributed by atoms with E-state index in [-0.39, 0.29) is 16.9 Å². The molecule has 0 bridgehead atoms. The standard InChI is InChI=1S/C18H16Cl2N6O2/c1-9-6-11(19)8-12(17(27)24-21)15(9)23-18(28)14-7-10(2)25-26(14)16-13(20)4-3-5-22-16/h3-8H,21H2,1-2H3,(H,23,28)(H,24,27). The van der Waals surface area contributed by atoms with E-state index in [1.807, 2.05) is 5.43 Å². The molecule has 0 saturated carbocycles. The van der Waals surface area contributed by atoms with Crippen LogP contribution >= 0.6 is 23.2 Å². The predicted octanol–water partition coefficient (Wildman–Crippen LogP) is 3.05. The van der Waals surface area contributed by atoms with Crippen molar-refractivity contribution in [1.29, 1.82) is 0 Å². The van der Waals surface area contributed by atoms with E-state index in [2.05, 4.69) is 15.4 Å². The third-order valence-electron chi connectivity index (χ3n) is 3.92. The molecule has 0 atom stereocenters. The van der Waals surface area contributed by atoms with Crippen LogP contribution in [0.15, 0.2) is 36.5 Å². The van der Waals surface area contributed by atoms with E-state index in [0.29, 0.717) is 27.1 Å². The molecule has 0 saturated heterocycles. The number of pyridine rings is 1. The lowest BCUT2D eigenvalue weighted by molar-refractivity contribution is 0.0954. The van der Waals surface area contributed by atoms with Crippen LogP contribution in [0.1, 0.15) is 32.1 Å². The van der Waals surface area contributed by atoms with E-state index in [1.165, 1.54) is 10.7 Å². The lowest BCUT2D eigenvalue weighted by Gasteiger charge is -2.14. The van der Waals surface area contributed by atoms with Gasteiger partial charge in [0.2, 0.25) is 0 Å². The topological polar surface area (TPSA) is 115 Å². The molecule has 0 aliphatic heterocycles. The van der Waals surface area contributed by atoms with Gasteiger partial charge >= 0.3 is 0 Å². The van der Waals surface area contributed by atoms with Gasteiger partial charge in [-0.1, -0.05) is 23.2 Å². The quantitative estimate of drug-likeness (QED) is 0.342. The van der Waals surface area contributed by atoms with Gasteiger partial charge in [0.1, 0.15) is 5.69 Å². The summed E-state index contributed by atoms with van der Waals surface area (Å²) < 4.78 is 1.35. The van der Waals surface area contributed by atoms with Crippen molar-refractivity contribution >= 4 is 40.7 Å². The number of halogens is 2. The molecular weight excluding hydrogens is 403 g/mol. The Balaban J connectivity index is 2.05. The van der Waals surface area contributed by atoms with E-state index in [0.717, 1.165) is 0 Å². The van der Waals surface area contributed by atoms with Gasteiger partial charge in [0.25, 0.3) is 11.8 Å². The monoisotopic (exact) mass is 418 g/mol. The number of benzene rings is 1. The number of nitrogen functional groups attached to an aromatic ring is 1. The second kappa shape index (κ2) is 7.97. The maximum Gasteiger partial charge on any atom is 0.274 e. The summed E-state index contributed by atoms with van der Waals surface area (Å²) in [5, 5.41) is 7.72. The average Bonchev–Trinajstić information content (AvgIpc) is 3.05. The maximum atomic E-state index is 13.0. The normalized spacial score (nSPS) is 10.6. The number of rotatable bonds is 4. The zero-order valence-corrected chi connectivity index (χ0v) is 16.5. The van der Waals surface area contributed by atoms with Crippen LogP contribution < -0.4 is 16.6 Å². The highest BCUT2D eigenvalue weighted by Crippen LogP contribution is 2.27. The molecule has 3 aromatic rings. The van der Waals surface area contributed by atoms with Gasteiger partial charge in [-0.15, -0.1) is 0 Å². The number of nitrogens with one attached hydrogen (secondary N) is 2. The van der Waals surface area contributed by atoms with Crippen molar-refractivity contribution in [3.8, 4) is 5.82 Å². The lowest BCUT2D eigenvalue weighted by Crippen LogP contribution is -2.31. The summed E-state index contributed by atoms with van der Waals surface area (Å²) in [7, 11) is 0. The Labute approximate surface area is 170 Å². The number of carbonyl (C=O) groups excluding carboxylic acids is 2. The summed E-state index contributed by atoms with van der Waals surface area (Å²) >= 11 is 12.2. The summed E-state index contributed by atoms with van der Waals surface area (Å²) in [6.45, 7) is 3.46. The van der Waals surface area contributed by atoms with Crippen LogP contribution in [0.3, 0.4) is 0 Å². The van der Waals surface area contributed by atoms with Crippen molar-refractivity contribution < 1.29 is 9.59 Å². The maximum absolute atomic E-state index is 13.0. The first kappa shape index (κ1) is 19.8. The van der Waals surface area contributed by atoms with E-state index >= 15 is 0 Å². The van der Waals surface area contributed by atoms with Gasteiger partial charge in [-0.25, -0.2) is 15.5 Å². The number of anilines is 1. The first-order chi connectivity index (χ1) is 13.3. The van der Waals surface area contributed by atoms with Gasteiger partial charge in [-0.05, 0) is 49.7 Å². The molecule has 28 heavy (non-hydrogen) atoms. The number of amides is 2. The average molecular weight is 419 g/mol. The van der Waals surface area contributed by atoms with Gasteiger partial charge < -0.3 is 5.32 Å². The van der Waals surface area contributed by atoms with Crippen LogP contribution in [0.25, 0.3) is 5.82 Å². The highest BCUT2D eigenvalue weighted by Gasteiger charge is 2.21. The largest absolute Gasteiger partial charge is 0.320 e. The summed E-state index contributed by atoms with van der Waals surface area (Å²) in [6.07, 6.45) is 1.55. The van der Waals surface area contributed by atoms with Crippen molar-refractivity contribution in [2.45, 2.75) is 13.8 Å². The number of aromatic nitrogens is 3. The van der Waals surface area contributed by atoms with Crippen molar-refractivity contribution in [1.82, 2.24) is 20.2 Å². The minimum absolute atomic E-state index is 0.138. The van der Waals surface area contributed by atoms with Crippen molar-refractivity contribution in [3.05, 3.63) is 69.1 Å². The molecule has 2 heterocycles. The van der Waals surface area contributed by atoms with Gasteiger partial charge in [0, 0.05) is 11.2 Å². The first-order valence-corrected chi connectivity index (χ1v) is 8.87. The van der Waals surface area contributed by atoms with Gasteiger partial charge in [-0.3, -0.25) is 15.0 Å². The van der Waals surface area contributed by atoms with Gasteiger partial charge in [0.15, 0.2) is 5.82 Å². The molecule has 144 valence electrons. The van der Waals surface area contributed by atoms with Gasteiger partial charge in [0.05, 0.1) is 22.0 Å². The fourth-order valence-corrected chi connectivity index (χ4v) is 3.17. The van der Waals surface area contributed by atoms with Gasteiger partial charge in [-0.2, -0.15) is 5.10 Å². The molecular formula is C18H16Cl2N6O2. The third kappa shape index (κ3) is 3.84. The molecule has 1 aromatic carbocycles. The second-order valence-corrected chi connectivity index (χ2v) is 6.81. The molecule has 0 radical (unpaired) electrons. The molecule has 8 nitrogen and oxygen atoms in total. The van der Waals surface area contributed by atoms with E-state index < -0.39 is 11.8 Å². The number of hydrogen-bond donors (Lipinski definition) is 3. The summed E-state index contributed by atoms with van der Waals surface area (Å²) in [5.41, 5.74) is 3.86. The Bertz CT molecular complexity index is 1080. The number of carbonyl (C=O) groups is 2. The molecule has 2 amide bonds. The Kier molecular flexibility index (Phi) is 5.64. The molecule has 0 aliphatic rings. The fourth-order valence-electron chi connectivity index (χ4n) is 2.70. The molecule has 4 N–H and O–H groups in total. The minimum Gasteiger partial charge on any atom is -0.320 e.